The van der Waals surface area contributed by atoms with Crippen molar-refractivity contribution in [2.75, 3.05) is 5.01 Å². The predicted molar refractivity (Wildman–Crippen MR) is 44.8 cm³/mol. The van der Waals surface area contributed by atoms with Crippen LogP contribution in [0.1, 0.15) is 6.42 Å². The molecule has 12 heavy (non-hydrogen) atoms. The molecular formula is C8H7N3O. The maximum absolute atomic E-state index is 11.2. The van der Waals surface area contributed by atoms with Gasteiger partial charge in [-0.2, -0.15) is 5.10 Å². The average Bonchev–Trinajstić information content (AvgIpc) is 2.53. The molecule has 1 amide bonds. The van der Waals surface area contributed by atoms with Gasteiger partial charge in [-0.1, -0.05) is 0 Å². The molecule has 0 saturated heterocycles. The molecule has 1 aliphatic heterocycles. The Labute approximate surface area is 69.5 Å². The highest BCUT2D eigenvalue weighted by atomic mass is 16.2. The van der Waals surface area contributed by atoms with Gasteiger partial charge in [0.15, 0.2) is 0 Å². The molecule has 0 radical (unpaired) electrons. The Morgan fingerprint density at radius 3 is 2.67 bits per heavy atom. The number of carbonyl (C=O) groups excluding carboxylic acids is 1. The van der Waals surface area contributed by atoms with Crippen molar-refractivity contribution in [3.05, 3.63) is 24.5 Å². The van der Waals surface area contributed by atoms with Crippen LogP contribution in [0.4, 0.5) is 5.69 Å². The smallest absolute Gasteiger partial charge is 0.252 e. The van der Waals surface area contributed by atoms with Gasteiger partial charge in [0.05, 0.1) is 12.1 Å². The number of amides is 1. The van der Waals surface area contributed by atoms with E-state index in [4.69, 9.17) is 0 Å². The van der Waals surface area contributed by atoms with Crippen LogP contribution in [0.15, 0.2) is 29.6 Å². The van der Waals surface area contributed by atoms with Crippen molar-refractivity contribution in [3.63, 3.8) is 0 Å². The minimum absolute atomic E-state index is 0.00111. The van der Waals surface area contributed by atoms with E-state index in [0.29, 0.717) is 6.42 Å². The van der Waals surface area contributed by atoms with Crippen molar-refractivity contribution in [2.45, 2.75) is 6.42 Å². The first kappa shape index (κ1) is 6.97. The molecule has 1 aliphatic rings. The van der Waals surface area contributed by atoms with Crippen LogP contribution in [0.5, 0.6) is 0 Å². The zero-order chi connectivity index (χ0) is 8.39. The molecule has 0 unspecified atom stereocenters. The Morgan fingerprint density at radius 1 is 1.33 bits per heavy atom. The number of anilines is 1. The molecule has 0 saturated carbocycles. The molecule has 0 aliphatic carbocycles. The number of hydrogen-bond donors (Lipinski definition) is 0. The Hall–Kier alpha value is -1.71. The Bertz CT molecular complexity index is 320. The normalized spacial score (nSPS) is 15.7. The van der Waals surface area contributed by atoms with Crippen LogP contribution in [0.2, 0.25) is 0 Å². The maximum atomic E-state index is 11.2. The van der Waals surface area contributed by atoms with Crippen LogP contribution < -0.4 is 5.01 Å². The van der Waals surface area contributed by atoms with Crippen molar-refractivity contribution in [2.24, 2.45) is 5.10 Å². The number of hydrogen-bond acceptors (Lipinski definition) is 3. The zero-order valence-corrected chi connectivity index (χ0v) is 6.34. The fourth-order valence-electron chi connectivity index (χ4n) is 1.05. The molecule has 1 aromatic rings. The van der Waals surface area contributed by atoms with Crippen LogP contribution in [0.3, 0.4) is 0 Å². The molecule has 2 rings (SSSR count). The molecule has 60 valence electrons. The van der Waals surface area contributed by atoms with Gasteiger partial charge in [-0.05, 0) is 12.1 Å². The molecule has 0 aromatic carbocycles. The number of aromatic nitrogens is 1. The molecule has 4 nitrogen and oxygen atoms in total. The predicted octanol–water partition coefficient (Wildman–Crippen LogP) is 0.804. The van der Waals surface area contributed by atoms with Crippen molar-refractivity contribution >= 4 is 17.8 Å². The third-order valence-corrected chi connectivity index (χ3v) is 1.61. The molecule has 0 spiro atoms. The molecule has 0 N–H and O–H groups in total. The highest BCUT2D eigenvalue weighted by Crippen LogP contribution is 2.16. The van der Waals surface area contributed by atoms with Crippen molar-refractivity contribution in [1.29, 1.82) is 0 Å². The van der Waals surface area contributed by atoms with Gasteiger partial charge in [0.1, 0.15) is 0 Å². The van der Waals surface area contributed by atoms with Gasteiger partial charge < -0.3 is 0 Å². The summed E-state index contributed by atoms with van der Waals surface area (Å²) in [6, 6.07) is 3.50. The number of carbonyl (C=O) groups is 1. The number of nitrogens with zero attached hydrogens (tertiary/aromatic N) is 3. The Morgan fingerprint density at radius 2 is 2.08 bits per heavy atom. The minimum Gasteiger partial charge on any atom is -0.272 e. The minimum atomic E-state index is 0.00111. The number of rotatable bonds is 1. The second kappa shape index (κ2) is 2.73. The van der Waals surface area contributed by atoms with Gasteiger partial charge in [-0.15, -0.1) is 0 Å². The summed E-state index contributed by atoms with van der Waals surface area (Å²) in [5.74, 6) is 0.00111. The summed E-state index contributed by atoms with van der Waals surface area (Å²) in [6.45, 7) is 0. The summed E-state index contributed by atoms with van der Waals surface area (Å²) in [7, 11) is 0. The van der Waals surface area contributed by atoms with E-state index in [9.17, 15) is 4.79 Å². The number of pyridine rings is 1. The summed E-state index contributed by atoms with van der Waals surface area (Å²) in [5.41, 5.74) is 0.767. The van der Waals surface area contributed by atoms with Crippen LogP contribution in [-0.2, 0) is 4.79 Å². The molecule has 4 heteroatoms. The fourth-order valence-corrected chi connectivity index (χ4v) is 1.05. The third-order valence-electron chi connectivity index (χ3n) is 1.61. The van der Waals surface area contributed by atoms with Gasteiger partial charge >= 0.3 is 0 Å². The summed E-state index contributed by atoms with van der Waals surface area (Å²) in [6.07, 6.45) is 5.26. The van der Waals surface area contributed by atoms with E-state index in [0.717, 1.165) is 5.69 Å². The first-order chi connectivity index (χ1) is 5.88. The highest BCUT2D eigenvalue weighted by molar-refractivity contribution is 6.05. The zero-order valence-electron chi connectivity index (χ0n) is 6.34. The van der Waals surface area contributed by atoms with Crippen molar-refractivity contribution < 1.29 is 4.79 Å². The standard InChI is InChI=1S/C8H7N3O/c12-8-3-6-10-11(8)7-1-4-9-5-2-7/h1-2,4-6H,3H2. The highest BCUT2D eigenvalue weighted by Gasteiger charge is 2.17. The van der Waals surface area contributed by atoms with E-state index in [1.54, 1.807) is 30.7 Å². The van der Waals surface area contributed by atoms with E-state index in [-0.39, 0.29) is 5.91 Å². The molecular weight excluding hydrogens is 154 g/mol. The maximum Gasteiger partial charge on any atom is 0.252 e. The second-order valence-corrected chi connectivity index (χ2v) is 2.41. The summed E-state index contributed by atoms with van der Waals surface area (Å²) >= 11 is 0. The lowest BCUT2D eigenvalue weighted by Crippen LogP contribution is -2.19. The largest absolute Gasteiger partial charge is 0.272 e. The lowest BCUT2D eigenvalue weighted by atomic mass is 10.4. The quantitative estimate of drug-likeness (QED) is 0.611. The summed E-state index contributed by atoms with van der Waals surface area (Å²) in [4.78, 5) is 15.0. The van der Waals surface area contributed by atoms with Crippen LogP contribution in [-0.4, -0.2) is 17.1 Å². The van der Waals surface area contributed by atoms with Gasteiger partial charge in [0.25, 0.3) is 5.91 Å². The van der Waals surface area contributed by atoms with Gasteiger partial charge in [0, 0.05) is 18.6 Å². The molecule has 2 heterocycles. The average molecular weight is 161 g/mol. The topological polar surface area (TPSA) is 45.6 Å². The number of hydrazone groups is 1. The van der Waals surface area contributed by atoms with Crippen molar-refractivity contribution in [1.82, 2.24) is 4.98 Å². The fraction of sp³-hybridized carbons (Fsp3) is 0.125. The second-order valence-electron chi connectivity index (χ2n) is 2.41. The molecule has 0 atom stereocenters. The van der Waals surface area contributed by atoms with E-state index in [1.165, 1.54) is 5.01 Å². The first-order valence-electron chi connectivity index (χ1n) is 3.63. The third kappa shape index (κ3) is 1.07. The Kier molecular flexibility index (Phi) is 1.59. The SMILES string of the molecule is O=C1CC=NN1c1ccncc1. The van der Waals surface area contributed by atoms with Gasteiger partial charge in [0.2, 0.25) is 0 Å². The lowest BCUT2D eigenvalue weighted by Gasteiger charge is -2.10. The van der Waals surface area contributed by atoms with Crippen LogP contribution >= 0.6 is 0 Å². The molecule has 0 bridgehead atoms. The van der Waals surface area contributed by atoms with E-state index in [2.05, 4.69) is 10.1 Å². The van der Waals surface area contributed by atoms with Gasteiger partial charge in [-0.3, -0.25) is 9.78 Å². The molecule has 1 aromatic heterocycles. The summed E-state index contributed by atoms with van der Waals surface area (Å²) in [5, 5.41) is 5.29. The van der Waals surface area contributed by atoms with Crippen LogP contribution in [0, 0.1) is 0 Å². The Balaban J connectivity index is 2.31. The first-order valence-corrected chi connectivity index (χ1v) is 3.63. The van der Waals surface area contributed by atoms with E-state index < -0.39 is 0 Å². The lowest BCUT2D eigenvalue weighted by molar-refractivity contribution is -0.116. The molecule has 0 fully saturated rings. The summed E-state index contributed by atoms with van der Waals surface area (Å²) < 4.78 is 0. The van der Waals surface area contributed by atoms with Gasteiger partial charge in [-0.25, -0.2) is 5.01 Å². The van der Waals surface area contributed by atoms with Crippen LogP contribution in [0.25, 0.3) is 0 Å². The van der Waals surface area contributed by atoms with E-state index >= 15 is 0 Å². The van der Waals surface area contributed by atoms with E-state index in [1.807, 2.05) is 0 Å². The van der Waals surface area contributed by atoms with Crippen molar-refractivity contribution in [3.8, 4) is 0 Å². The monoisotopic (exact) mass is 161 g/mol.